The number of hydrogen-bond acceptors (Lipinski definition) is 1. The molecule has 0 unspecified atom stereocenters. The first-order chi connectivity index (χ1) is 5.88. The second-order valence-corrected chi connectivity index (χ2v) is 2.37. The average Bonchev–Trinajstić information content (AvgIpc) is 2.02. The van der Waals surface area contributed by atoms with Crippen LogP contribution in [0.5, 0.6) is 0 Å². The third-order valence-corrected chi connectivity index (χ3v) is 1.22. The maximum atomic E-state index is 11.9. The standard InChI is InChI=1S/C9H10F3N/c1-4-7(2)5-13-6-8(3)9(10,11)12/h4-6H,1-2H2,3H3/b8-6+,13-5+. The topological polar surface area (TPSA) is 12.4 Å². The second kappa shape index (κ2) is 4.64. The molecule has 4 heteroatoms. The summed E-state index contributed by atoms with van der Waals surface area (Å²) in [6, 6.07) is 0. The van der Waals surface area contributed by atoms with Crippen molar-refractivity contribution in [1.29, 1.82) is 0 Å². The van der Waals surface area contributed by atoms with E-state index in [0.717, 1.165) is 13.1 Å². The number of alkyl halides is 3. The van der Waals surface area contributed by atoms with Gasteiger partial charge in [0.2, 0.25) is 0 Å². The van der Waals surface area contributed by atoms with Gasteiger partial charge in [0.1, 0.15) is 0 Å². The van der Waals surface area contributed by atoms with Gasteiger partial charge in [-0.1, -0.05) is 19.2 Å². The maximum absolute atomic E-state index is 11.9. The van der Waals surface area contributed by atoms with E-state index in [0.29, 0.717) is 5.57 Å². The van der Waals surface area contributed by atoms with Crippen LogP contribution in [0.25, 0.3) is 0 Å². The Morgan fingerprint density at radius 3 is 2.31 bits per heavy atom. The lowest BCUT2D eigenvalue weighted by molar-refractivity contribution is -0.0914. The van der Waals surface area contributed by atoms with Crippen molar-refractivity contribution in [2.24, 2.45) is 4.99 Å². The van der Waals surface area contributed by atoms with Crippen molar-refractivity contribution >= 4 is 6.21 Å². The Morgan fingerprint density at radius 1 is 1.38 bits per heavy atom. The van der Waals surface area contributed by atoms with E-state index >= 15 is 0 Å². The molecule has 0 aromatic rings. The van der Waals surface area contributed by atoms with Gasteiger partial charge >= 0.3 is 6.18 Å². The van der Waals surface area contributed by atoms with Gasteiger partial charge in [-0.25, -0.2) is 0 Å². The van der Waals surface area contributed by atoms with Gasteiger partial charge < -0.3 is 0 Å². The SMILES string of the molecule is C=CC(=C)/C=N/C=C(\C)C(F)(F)F. The Hall–Kier alpha value is -1.32. The molecule has 0 saturated heterocycles. The molecule has 13 heavy (non-hydrogen) atoms. The van der Waals surface area contributed by atoms with E-state index in [4.69, 9.17) is 0 Å². The number of aliphatic imine (C=N–C) groups is 1. The van der Waals surface area contributed by atoms with Crippen LogP contribution in [-0.2, 0) is 0 Å². The molecule has 0 atom stereocenters. The number of rotatable bonds is 3. The Balaban J connectivity index is 4.36. The number of halogens is 3. The Bertz CT molecular complexity index is 259. The summed E-state index contributed by atoms with van der Waals surface area (Å²) in [5.74, 6) is 0. The van der Waals surface area contributed by atoms with E-state index < -0.39 is 11.7 Å². The molecule has 0 heterocycles. The molecular weight excluding hydrogens is 179 g/mol. The highest BCUT2D eigenvalue weighted by Gasteiger charge is 2.29. The van der Waals surface area contributed by atoms with Crippen molar-refractivity contribution < 1.29 is 13.2 Å². The molecule has 0 aromatic heterocycles. The molecule has 0 aliphatic heterocycles. The minimum Gasteiger partial charge on any atom is -0.264 e. The molecule has 0 rings (SSSR count). The Morgan fingerprint density at radius 2 is 1.92 bits per heavy atom. The number of allylic oxidation sites excluding steroid dienone is 3. The van der Waals surface area contributed by atoms with Crippen molar-refractivity contribution in [2.75, 3.05) is 0 Å². The van der Waals surface area contributed by atoms with Gasteiger partial charge in [0.25, 0.3) is 0 Å². The highest BCUT2D eigenvalue weighted by atomic mass is 19.4. The summed E-state index contributed by atoms with van der Waals surface area (Å²) in [6.07, 6.45) is -0.954. The summed E-state index contributed by atoms with van der Waals surface area (Å²) in [7, 11) is 0. The summed E-state index contributed by atoms with van der Waals surface area (Å²) in [4.78, 5) is 3.43. The first kappa shape index (κ1) is 11.7. The third kappa shape index (κ3) is 5.00. The number of nitrogens with zero attached hydrogens (tertiary/aromatic N) is 1. The van der Waals surface area contributed by atoms with E-state index in [1.54, 1.807) is 0 Å². The molecule has 0 N–H and O–H groups in total. The fraction of sp³-hybridized carbons (Fsp3) is 0.222. The smallest absolute Gasteiger partial charge is 0.264 e. The molecule has 0 aromatic carbocycles. The van der Waals surface area contributed by atoms with Crippen molar-refractivity contribution in [3.05, 3.63) is 36.6 Å². The van der Waals surface area contributed by atoms with Gasteiger partial charge in [0, 0.05) is 18.0 Å². The van der Waals surface area contributed by atoms with Gasteiger partial charge in [-0.2, -0.15) is 13.2 Å². The van der Waals surface area contributed by atoms with Gasteiger partial charge in [-0.15, -0.1) is 0 Å². The molecule has 0 aliphatic rings. The van der Waals surface area contributed by atoms with Crippen molar-refractivity contribution in [2.45, 2.75) is 13.1 Å². The fourth-order valence-electron chi connectivity index (χ4n) is 0.371. The zero-order valence-electron chi connectivity index (χ0n) is 7.23. The van der Waals surface area contributed by atoms with Crippen LogP contribution >= 0.6 is 0 Å². The summed E-state index contributed by atoms with van der Waals surface area (Å²) in [5, 5.41) is 0. The van der Waals surface area contributed by atoms with Gasteiger partial charge in [0.05, 0.1) is 0 Å². The van der Waals surface area contributed by atoms with E-state index in [9.17, 15) is 13.2 Å². The normalized spacial score (nSPS) is 13.4. The van der Waals surface area contributed by atoms with Crippen LogP contribution in [0.15, 0.2) is 41.6 Å². The first-order valence-electron chi connectivity index (χ1n) is 3.46. The molecule has 0 fully saturated rings. The van der Waals surface area contributed by atoms with Crippen molar-refractivity contribution in [3.8, 4) is 0 Å². The van der Waals surface area contributed by atoms with Crippen LogP contribution in [-0.4, -0.2) is 12.4 Å². The lowest BCUT2D eigenvalue weighted by Gasteiger charge is -2.03. The molecule has 0 saturated carbocycles. The molecule has 0 spiro atoms. The largest absolute Gasteiger partial charge is 0.413 e. The molecule has 1 nitrogen and oxygen atoms in total. The molecule has 0 radical (unpaired) electrons. The molecule has 0 bridgehead atoms. The van der Waals surface area contributed by atoms with Crippen molar-refractivity contribution in [3.63, 3.8) is 0 Å². The second-order valence-electron chi connectivity index (χ2n) is 2.37. The van der Waals surface area contributed by atoms with Crippen LogP contribution in [0.2, 0.25) is 0 Å². The van der Waals surface area contributed by atoms with E-state index in [1.165, 1.54) is 12.3 Å². The first-order valence-corrected chi connectivity index (χ1v) is 3.46. The van der Waals surface area contributed by atoms with Crippen LogP contribution in [0, 0.1) is 0 Å². The van der Waals surface area contributed by atoms with Crippen LogP contribution in [0.1, 0.15) is 6.92 Å². The predicted octanol–water partition coefficient (Wildman–Crippen LogP) is 3.27. The van der Waals surface area contributed by atoms with Crippen LogP contribution in [0.3, 0.4) is 0 Å². The summed E-state index contributed by atoms with van der Waals surface area (Å²) < 4.78 is 35.6. The van der Waals surface area contributed by atoms with Crippen molar-refractivity contribution in [1.82, 2.24) is 0 Å². The predicted molar refractivity (Wildman–Crippen MR) is 47.6 cm³/mol. The molecular formula is C9H10F3N. The lowest BCUT2D eigenvalue weighted by Crippen LogP contribution is -2.08. The van der Waals surface area contributed by atoms with Gasteiger partial charge in [-0.05, 0) is 12.5 Å². The van der Waals surface area contributed by atoms with Gasteiger partial charge in [-0.3, -0.25) is 4.99 Å². The Labute approximate surface area is 75.0 Å². The van der Waals surface area contributed by atoms with Gasteiger partial charge in [0.15, 0.2) is 0 Å². The molecule has 72 valence electrons. The molecule has 0 amide bonds. The molecule has 0 aliphatic carbocycles. The highest BCUT2D eigenvalue weighted by Crippen LogP contribution is 2.24. The monoisotopic (exact) mass is 189 g/mol. The zero-order chi connectivity index (χ0) is 10.5. The van der Waals surface area contributed by atoms with Crippen LogP contribution < -0.4 is 0 Å². The highest BCUT2D eigenvalue weighted by molar-refractivity contribution is 5.81. The maximum Gasteiger partial charge on any atom is 0.413 e. The van der Waals surface area contributed by atoms with E-state index in [2.05, 4.69) is 18.2 Å². The third-order valence-electron chi connectivity index (χ3n) is 1.22. The number of hydrogen-bond donors (Lipinski definition) is 0. The summed E-state index contributed by atoms with van der Waals surface area (Å²) >= 11 is 0. The Kier molecular flexibility index (Phi) is 4.17. The quantitative estimate of drug-likeness (QED) is 0.477. The van der Waals surface area contributed by atoms with E-state index in [-0.39, 0.29) is 0 Å². The summed E-state index contributed by atoms with van der Waals surface area (Å²) in [5.41, 5.74) is -0.285. The lowest BCUT2D eigenvalue weighted by atomic mass is 10.3. The average molecular weight is 189 g/mol. The van der Waals surface area contributed by atoms with E-state index in [1.807, 2.05) is 0 Å². The minimum atomic E-state index is -4.31. The zero-order valence-corrected chi connectivity index (χ0v) is 7.23. The fourth-order valence-corrected chi connectivity index (χ4v) is 0.371. The minimum absolute atomic E-state index is 0.464. The summed E-state index contributed by atoms with van der Waals surface area (Å²) in [6.45, 7) is 7.78. The van der Waals surface area contributed by atoms with Crippen LogP contribution in [0.4, 0.5) is 13.2 Å².